The third-order valence-electron chi connectivity index (χ3n) is 5.53. The Hall–Kier alpha value is -1.62. The van der Waals surface area contributed by atoms with E-state index in [4.69, 9.17) is 19.7 Å². The van der Waals surface area contributed by atoms with Crippen LogP contribution in [-0.2, 0) is 19.0 Å². The van der Waals surface area contributed by atoms with Crippen LogP contribution in [0.25, 0.3) is 10.4 Å². The molecule has 0 aromatic rings. The van der Waals surface area contributed by atoms with E-state index in [0.717, 1.165) is 0 Å². The zero-order chi connectivity index (χ0) is 24.5. The highest BCUT2D eigenvalue weighted by atomic mass is 16.7. The van der Waals surface area contributed by atoms with Gasteiger partial charge in [0.25, 0.3) is 0 Å². The number of nitrogens with one attached hydrogen (secondary N) is 1. The van der Waals surface area contributed by atoms with E-state index in [9.17, 15) is 40.5 Å². The number of ether oxygens (including phenoxy) is 3. The highest BCUT2D eigenvalue weighted by molar-refractivity contribution is 5.76. The van der Waals surface area contributed by atoms with E-state index in [0.29, 0.717) is 25.8 Å². The van der Waals surface area contributed by atoms with Crippen molar-refractivity contribution in [2.75, 3.05) is 19.8 Å². The number of unbranched alkanes of at least 4 members (excludes halogenated alkanes) is 2. The summed E-state index contributed by atoms with van der Waals surface area (Å²) in [4.78, 5) is 14.8. The van der Waals surface area contributed by atoms with Crippen LogP contribution >= 0.6 is 0 Å². The topological polar surface area (TPSA) is 247 Å². The van der Waals surface area contributed by atoms with Crippen LogP contribution in [0.5, 0.6) is 0 Å². The average molecular weight is 480 g/mol. The summed E-state index contributed by atoms with van der Waals surface area (Å²) in [7, 11) is 0. The van der Waals surface area contributed by atoms with Crippen molar-refractivity contribution >= 4 is 5.91 Å². The van der Waals surface area contributed by atoms with E-state index in [1.807, 2.05) is 0 Å². The maximum Gasteiger partial charge on any atom is 0.222 e. The molecule has 190 valence electrons. The molecule has 2 saturated heterocycles. The third kappa shape index (κ3) is 7.18. The summed E-state index contributed by atoms with van der Waals surface area (Å²) in [5.41, 5.74) is 8.21. The fraction of sp³-hybridized carbons (Fsp3) is 0.944. The highest BCUT2D eigenvalue weighted by Crippen LogP contribution is 2.28. The first kappa shape index (κ1) is 27.6. The Morgan fingerprint density at radius 2 is 1.61 bits per heavy atom. The van der Waals surface area contributed by atoms with Crippen molar-refractivity contribution in [1.82, 2.24) is 5.32 Å². The Balaban J connectivity index is 1.94. The number of hydrogen-bond acceptors (Lipinski definition) is 12. The van der Waals surface area contributed by atoms with Gasteiger partial charge in [-0.05, 0) is 18.4 Å². The predicted molar refractivity (Wildman–Crippen MR) is 107 cm³/mol. The summed E-state index contributed by atoms with van der Waals surface area (Å²) >= 11 is 0. The number of rotatable bonds is 11. The van der Waals surface area contributed by atoms with Gasteiger partial charge in [0.1, 0.15) is 48.8 Å². The molecule has 2 heterocycles. The summed E-state index contributed by atoms with van der Waals surface area (Å²) in [6.45, 7) is -1.07. The van der Waals surface area contributed by atoms with Crippen LogP contribution in [0.15, 0.2) is 5.11 Å². The van der Waals surface area contributed by atoms with Crippen molar-refractivity contribution in [3.63, 3.8) is 0 Å². The van der Waals surface area contributed by atoms with Crippen LogP contribution in [0.3, 0.4) is 0 Å². The molecule has 0 radical (unpaired) electrons. The van der Waals surface area contributed by atoms with E-state index in [-0.39, 0.29) is 6.42 Å². The normalized spacial score (nSPS) is 39.0. The lowest BCUT2D eigenvalue weighted by atomic mass is 9.96. The van der Waals surface area contributed by atoms with Crippen molar-refractivity contribution in [3.05, 3.63) is 10.4 Å². The van der Waals surface area contributed by atoms with Crippen LogP contribution in [0, 0.1) is 0 Å². The molecule has 2 fully saturated rings. The van der Waals surface area contributed by atoms with Gasteiger partial charge in [0.2, 0.25) is 5.91 Å². The number of aliphatic hydroxyl groups excluding tert-OH is 7. The van der Waals surface area contributed by atoms with Gasteiger partial charge in [-0.25, -0.2) is 0 Å². The number of aliphatic hydroxyl groups is 7. The molecule has 15 nitrogen and oxygen atoms in total. The first-order valence-corrected chi connectivity index (χ1v) is 10.6. The zero-order valence-electron chi connectivity index (χ0n) is 17.8. The maximum absolute atomic E-state index is 12.1. The molecule has 0 aliphatic carbocycles. The van der Waals surface area contributed by atoms with Crippen molar-refractivity contribution in [2.24, 2.45) is 5.11 Å². The number of nitrogens with zero attached hydrogens (tertiary/aromatic N) is 3. The second kappa shape index (κ2) is 13.3. The van der Waals surface area contributed by atoms with Crippen LogP contribution in [0.1, 0.15) is 25.7 Å². The molecule has 2 rings (SSSR count). The number of amides is 1. The van der Waals surface area contributed by atoms with Crippen LogP contribution < -0.4 is 5.32 Å². The molecule has 33 heavy (non-hydrogen) atoms. The largest absolute Gasteiger partial charge is 0.394 e. The minimum absolute atomic E-state index is 0.0908. The van der Waals surface area contributed by atoms with Gasteiger partial charge < -0.3 is 55.3 Å². The lowest BCUT2D eigenvalue weighted by Gasteiger charge is -2.46. The maximum atomic E-state index is 12.1. The molecular formula is C18H32N4O11. The molecule has 2 aliphatic rings. The summed E-state index contributed by atoms with van der Waals surface area (Å²) < 4.78 is 16.1. The molecular weight excluding hydrogens is 448 g/mol. The molecule has 10 atom stereocenters. The SMILES string of the molecule is [N-]=[N+]=NCCCCCC(=O)N[C@@H]1O[C@H](CO)[C@@H](O[C@@H]2O[C@H](CO)[C@H](O)[C@H](O)[C@H]2O)[C@H](O)[C@H]1O. The van der Waals surface area contributed by atoms with Crippen molar-refractivity contribution in [1.29, 1.82) is 0 Å². The molecule has 15 heteroatoms. The zero-order valence-corrected chi connectivity index (χ0v) is 17.8. The van der Waals surface area contributed by atoms with Gasteiger partial charge in [-0.1, -0.05) is 11.5 Å². The lowest BCUT2D eigenvalue weighted by molar-refractivity contribution is -0.343. The molecule has 0 bridgehead atoms. The van der Waals surface area contributed by atoms with E-state index < -0.39 is 80.5 Å². The average Bonchev–Trinajstić information content (AvgIpc) is 2.80. The van der Waals surface area contributed by atoms with Crippen molar-refractivity contribution in [2.45, 2.75) is 87.0 Å². The Kier molecular flexibility index (Phi) is 11.1. The molecule has 0 saturated carbocycles. The van der Waals surface area contributed by atoms with Gasteiger partial charge in [-0.2, -0.15) is 0 Å². The standard InChI is InChI=1S/C18H32N4O11/c19-22-20-5-3-1-2-4-10(25)21-17-14(29)13(28)16(9(7-24)31-17)33-18-15(30)12(27)11(26)8(6-23)32-18/h8-9,11-18,23-24,26-30H,1-7H2,(H,21,25)/t8-,9-,11+,12+,13-,14-,15-,16-,17-,18+/m1/s1. The molecule has 0 aromatic heterocycles. The minimum Gasteiger partial charge on any atom is -0.394 e. The number of azide groups is 1. The van der Waals surface area contributed by atoms with Crippen LogP contribution in [0.4, 0.5) is 0 Å². The smallest absolute Gasteiger partial charge is 0.222 e. The van der Waals surface area contributed by atoms with Gasteiger partial charge in [-0.15, -0.1) is 0 Å². The van der Waals surface area contributed by atoms with Crippen LogP contribution in [0.2, 0.25) is 0 Å². The molecule has 8 N–H and O–H groups in total. The third-order valence-corrected chi connectivity index (χ3v) is 5.53. The first-order chi connectivity index (χ1) is 15.7. The van der Waals surface area contributed by atoms with Crippen LogP contribution in [-0.4, -0.2) is 123 Å². The summed E-state index contributed by atoms with van der Waals surface area (Å²) in [6.07, 6.45) is -13.6. The summed E-state index contributed by atoms with van der Waals surface area (Å²) in [5.74, 6) is -0.472. The highest BCUT2D eigenvalue weighted by Gasteiger charge is 2.50. The number of hydrogen-bond donors (Lipinski definition) is 8. The molecule has 1 amide bonds. The second-order valence-electron chi connectivity index (χ2n) is 7.89. The number of carbonyl (C=O) groups excluding carboxylic acids is 1. The molecule has 0 unspecified atom stereocenters. The Morgan fingerprint density at radius 1 is 0.909 bits per heavy atom. The molecule has 0 spiro atoms. The lowest BCUT2D eigenvalue weighted by Crippen LogP contribution is -2.66. The Bertz CT molecular complexity index is 663. The fourth-order valence-electron chi connectivity index (χ4n) is 3.63. The van der Waals surface area contributed by atoms with Gasteiger partial charge in [0, 0.05) is 17.9 Å². The van der Waals surface area contributed by atoms with E-state index in [1.54, 1.807) is 0 Å². The van der Waals surface area contributed by atoms with E-state index >= 15 is 0 Å². The van der Waals surface area contributed by atoms with Gasteiger partial charge in [0.05, 0.1) is 13.2 Å². The van der Waals surface area contributed by atoms with Crippen molar-refractivity contribution in [3.8, 4) is 0 Å². The molecule has 0 aromatic carbocycles. The van der Waals surface area contributed by atoms with Gasteiger partial charge in [0.15, 0.2) is 12.5 Å². The van der Waals surface area contributed by atoms with Crippen molar-refractivity contribution < 1.29 is 54.8 Å². The first-order valence-electron chi connectivity index (χ1n) is 10.6. The molecule has 2 aliphatic heterocycles. The van der Waals surface area contributed by atoms with Gasteiger partial charge in [-0.3, -0.25) is 4.79 Å². The number of carbonyl (C=O) groups is 1. The quantitative estimate of drug-likeness (QED) is 0.0626. The fourth-order valence-corrected chi connectivity index (χ4v) is 3.63. The van der Waals surface area contributed by atoms with E-state index in [2.05, 4.69) is 15.3 Å². The second-order valence-corrected chi connectivity index (χ2v) is 7.89. The summed E-state index contributed by atoms with van der Waals surface area (Å²) in [6, 6.07) is 0. The Labute approximate surface area is 189 Å². The van der Waals surface area contributed by atoms with E-state index in [1.165, 1.54) is 0 Å². The minimum atomic E-state index is -1.76. The Morgan fingerprint density at radius 3 is 2.24 bits per heavy atom. The summed E-state index contributed by atoms with van der Waals surface area (Å²) in [5, 5.41) is 75.5. The predicted octanol–water partition coefficient (Wildman–Crippen LogP) is -3.40. The van der Waals surface area contributed by atoms with Gasteiger partial charge >= 0.3 is 0 Å². The monoisotopic (exact) mass is 480 g/mol.